The van der Waals surface area contributed by atoms with Gasteiger partial charge in [0.2, 0.25) is 5.91 Å². The van der Waals surface area contributed by atoms with Crippen molar-refractivity contribution in [3.8, 4) is 16.9 Å². The minimum Gasteiger partial charge on any atom is -0.485 e. The zero-order chi connectivity index (χ0) is 31.5. The molecular weight excluding hydrogens is 580 g/mol. The van der Waals surface area contributed by atoms with Crippen LogP contribution >= 0.6 is 0 Å². The van der Waals surface area contributed by atoms with E-state index in [9.17, 15) is 19.1 Å². The molecule has 45 heavy (non-hydrogen) atoms. The van der Waals surface area contributed by atoms with Crippen LogP contribution in [0, 0.1) is 30.4 Å². The number of aliphatic carboxylic acids is 1. The van der Waals surface area contributed by atoms with Crippen molar-refractivity contribution in [1.82, 2.24) is 9.88 Å². The monoisotopic (exact) mass is 619 g/mol. The van der Waals surface area contributed by atoms with Gasteiger partial charge < -0.3 is 24.4 Å². The highest BCUT2D eigenvalue weighted by atomic mass is 19.1. The summed E-state index contributed by atoms with van der Waals surface area (Å²) in [6.45, 7) is 6.08. The Morgan fingerprint density at radius 3 is 2.42 bits per heavy atom. The van der Waals surface area contributed by atoms with Crippen LogP contribution in [0.5, 0.6) is 5.75 Å². The predicted octanol–water partition coefficient (Wildman–Crippen LogP) is 5.96. The third-order valence-corrected chi connectivity index (χ3v) is 9.46. The molecule has 238 valence electrons. The number of anilines is 1. The van der Waals surface area contributed by atoms with E-state index in [4.69, 9.17) is 9.47 Å². The van der Waals surface area contributed by atoms with Gasteiger partial charge in [-0.25, -0.2) is 13.8 Å². The van der Waals surface area contributed by atoms with Gasteiger partial charge in [-0.2, -0.15) is 0 Å². The summed E-state index contributed by atoms with van der Waals surface area (Å²) in [5.41, 5.74) is 4.00. The first kappa shape index (κ1) is 31.0. The summed E-state index contributed by atoms with van der Waals surface area (Å²) in [5, 5.41) is 9.32. The quantitative estimate of drug-likeness (QED) is 0.316. The number of carbonyl (C=O) groups excluding carboxylic acids is 1. The molecule has 1 aromatic heterocycles. The maximum atomic E-state index is 15.2. The van der Waals surface area contributed by atoms with Crippen LogP contribution in [0.25, 0.3) is 11.1 Å². The van der Waals surface area contributed by atoms with E-state index < -0.39 is 17.6 Å². The lowest BCUT2D eigenvalue weighted by atomic mass is 9.87. The summed E-state index contributed by atoms with van der Waals surface area (Å²) < 4.78 is 40.9. The summed E-state index contributed by atoms with van der Waals surface area (Å²) in [5.74, 6) is -1.11. The molecule has 3 aromatic rings. The number of amides is 1. The number of nitrogens with zero attached hydrogens (tertiary/aromatic N) is 3. The zero-order valence-corrected chi connectivity index (χ0v) is 25.5. The Kier molecular flexibility index (Phi) is 9.30. The fourth-order valence-electron chi connectivity index (χ4n) is 6.56. The number of pyridine rings is 1. The Hall–Kier alpha value is -4.05. The van der Waals surface area contributed by atoms with Crippen LogP contribution in [0.2, 0.25) is 0 Å². The van der Waals surface area contributed by atoms with Crippen LogP contribution in [0.3, 0.4) is 0 Å². The van der Waals surface area contributed by atoms with E-state index in [0.29, 0.717) is 68.8 Å². The third kappa shape index (κ3) is 7.11. The Balaban J connectivity index is 1.12. The van der Waals surface area contributed by atoms with E-state index in [1.807, 2.05) is 22.8 Å². The number of piperidine rings is 2. The lowest BCUT2D eigenvalue weighted by Gasteiger charge is -2.34. The maximum absolute atomic E-state index is 15.2. The minimum absolute atomic E-state index is 0.0351. The summed E-state index contributed by atoms with van der Waals surface area (Å²) in [4.78, 5) is 32.4. The van der Waals surface area contributed by atoms with Crippen molar-refractivity contribution >= 4 is 17.7 Å². The van der Waals surface area contributed by atoms with Crippen LogP contribution < -0.4 is 9.64 Å². The van der Waals surface area contributed by atoms with Gasteiger partial charge in [0.05, 0.1) is 19.1 Å². The van der Waals surface area contributed by atoms with Crippen molar-refractivity contribution in [2.75, 3.05) is 44.3 Å². The lowest BCUT2D eigenvalue weighted by molar-refractivity contribution is -0.142. The Bertz CT molecular complexity index is 1550. The molecule has 0 spiro atoms. The standard InChI is InChI=1S/C35H39F2N3O5/c1-22-14-26(24-5-12-40(13-6-24)33(41)15-23-19-44-20-23)2-3-28(22)21-45-34-30(17-29(36)18-31(34)37)27-4-9-38-32(16-27)39-10-7-25(8-11-39)35(42)43/h2-4,9,14,16-18,23-25H,5-8,10-13,15,19-21H2,1H3,(H,42,43). The number of carboxylic acid groups (broad SMARTS) is 1. The molecule has 0 bridgehead atoms. The van der Waals surface area contributed by atoms with Gasteiger partial charge in [-0.05, 0) is 79.0 Å². The van der Waals surface area contributed by atoms with Gasteiger partial charge in [0.25, 0.3) is 0 Å². The number of ether oxygens (including phenoxy) is 2. The molecule has 4 heterocycles. The van der Waals surface area contributed by atoms with Gasteiger partial charge in [0.1, 0.15) is 18.2 Å². The van der Waals surface area contributed by atoms with Crippen molar-refractivity contribution in [1.29, 1.82) is 0 Å². The maximum Gasteiger partial charge on any atom is 0.306 e. The third-order valence-electron chi connectivity index (χ3n) is 9.46. The smallest absolute Gasteiger partial charge is 0.306 e. The highest BCUT2D eigenvalue weighted by Crippen LogP contribution is 2.36. The molecule has 0 radical (unpaired) electrons. The number of hydrogen-bond acceptors (Lipinski definition) is 6. The van der Waals surface area contributed by atoms with Gasteiger partial charge in [0, 0.05) is 56.3 Å². The van der Waals surface area contributed by atoms with Crippen LogP contribution in [0.15, 0.2) is 48.7 Å². The highest BCUT2D eigenvalue weighted by molar-refractivity contribution is 5.77. The van der Waals surface area contributed by atoms with E-state index in [1.54, 1.807) is 18.3 Å². The average molecular weight is 620 g/mol. The first-order valence-corrected chi connectivity index (χ1v) is 15.8. The molecule has 0 atom stereocenters. The van der Waals surface area contributed by atoms with Crippen LogP contribution in [0.4, 0.5) is 14.6 Å². The fourth-order valence-corrected chi connectivity index (χ4v) is 6.56. The number of carbonyl (C=O) groups is 2. The van der Waals surface area contributed by atoms with Crippen LogP contribution in [-0.2, 0) is 20.9 Å². The van der Waals surface area contributed by atoms with Gasteiger partial charge >= 0.3 is 5.97 Å². The number of likely N-dealkylation sites (tertiary alicyclic amines) is 1. The molecule has 3 saturated heterocycles. The second-order valence-corrected chi connectivity index (χ2v) is 12.5. The van der Waals surface area contributed by atoms with Crippen molar-refractivity contribution in [3.63, 3.8) is 0 Å². The average Bonchev–Trinajstić information content (AvgIpc) is 3.02. The number of hydrogen-bond donors (Lipinski definition) is 1. The van der Waals surface area contributed by atoms with E-state index in [0.717, 1.165) is 43.1 Å². The Labute approximate surface area is 262 Å². The number of benzene rings is 2. The Morgan fingerprint density at radius 1 is 1.00 bits per heavy atom. The van der Waals surface area contributed by atoms with E-state index >= 15 is 4.39 Å². The van der Waals surface area contributed by atoms with Crippen molar-refractivity contribution in [2.24, 2.45) is 11.8 Å². The van der Waals surface area contributed by atoms with E-state index in [1.165, 1.54) is 11.6 Å². The van der Waals surface area contributed by atoms with Crippen molar-refractivity contribution < 1.29 is 33.0 Å². The molecular formula is C35H39F2N3O5. The minimum atomic E-state index is -0.789. The molecule has 0 aliphatic carbocycles. The summed E-state index contributed by atoms with van der Waals surface area (Å²) in [6.07, 6.45) is 5.02. The predicted molar refractivity (Wildman–Crippen MR) is 165 cm³/mol. The topological polar surface area (TPSA) is 92.2 Å². The van der Waals surface area contributed by atoms with Crippen molar-refractivity contribution in [3.05, 3.63) is 77.0 Å². The van der Waals surface area contributed by atoms with Crippen LogP contribution in [-0.4, -0.2) is 66.3 Å². The molecule has 10 heteroatoms. The lowest BCUT2D eigenvalue weighted by Crippen LogP contribution is -2.41. The van der Waals surface area contributed by atoms with Gasteiger partial charge in [-0.1, -0.05) is 18.2 Å². The number of aryl methyl sites for hydroxylation is 1. The molecule has 2 aromatic carbocycles. The fraction of sp³-hybridized carbons (Fsp3) is 0.457. The van der Waals surface area contributed by atoms with E-state index in [2.05, 4.69) is 17.1 Å². The number of aromatic nitrogens is 1. The highest BCUT2D eigenvalue weighted by Gasteiger charge is 2.29. The molecule has 0 saturated carbocycles. The summed E-state index contributed by atoms with van der Waals surface area (Å²) in [7, 11) is 0. The SMILES string of the molecule is Cc1cc(C2CCN(C(=O)CC3COC3)CC2)ccc1COc1c(F)cc(F)cc1-c1ccnc(N2CCC(C(=O)O)CC2)c1. The normalized spacial score (nSPS) is 18.1. The number of carboxylic acids is 1. The first-order chi connectivity index (χ1) is 21.7. The molecule has 8 nitrogen and oxygen atoms in total. The zero-order valence-electron chi connectivity index (χ0n) is 25.5. The Morgan fingerprint density at radius 2 is 1.76 bits per heavy atom. The van der Waals surface area contributed by atoms with E-state index in [-0.39, 0.29) is 29.7 Å². The molecule has 1 amide bonds. The summed E-state index contributed by atoms with van der Waals surface area (Å²) >= 11 is 0. The molecule has 0 unspecified atom stereocenters. The molecule has 3 fully saturated rings. The van der Waals surface area contributed by atoms with Crippen molar-refractivity contribution in [2.45, 2.75) is 51.6 Å². The number of rotatable bonds is 9. The molecule has 3 aliphatic rings. The number of halogens is 2. The molecule has 3 aliphatic heterocycles. The van der Waals surface area contributed by atoms with Crippen LogP contribution in [0.1, 0.15) is 54.7 Å². The largest absolute Gasteiger partial charge is 0.485 e. The second kappa shape index (κ2) is 13.5. The first-order valence-electron chi connectivity index (χ1n) is 15.8. The molecule has 6 rings (SSSR count). The second-order valence-electron chi connectivity index (χ2n) is 12.5. The van der Waals surface area contributed by atoms with Gasteiger partial charge in [-0.3, -0.25) is 9.59 Å². The molecule has 1 N–H and O–H groups in total. The van der Waals surface area contributed by atoms with Gasteiger partial charge in [0.15, 0.2) is 11.6 Å². The summed E-state index contributed by atoms with van der Waals surface area (Å²) in [6, 6.07) is 11.8. The van der Waals surface area contributed by atoms with Gasteiger partial charge in [-0.15, -0.1) is 0 Å².